The average Bonchev–Trinajstić information content (AvgIpc) is 2.50. The van der Waals surface area contributed by atoms with Gasteiger partial charge in [0.25, 0.3) is 0 Å². The molecule has 0 spiro atoms. The maximum atomic E-state index is 12.6. The van der Waals surface area contributed by atoms with E-state index in [0.717, 1.165) is 31.6 Å². The first kappa shape index (κ1) is 13.2. The summed E-state index contributed by atoms with van der Waals surface area (Å²) >= 11 is 0. The van der Waals surface area contributed by atoms with Gasteiger partial charge in [-0.2, -0.15) is 0 Å². The number of hydrogen-bond donors (Lipinski definition) is 2. The molecule has 1 atom stereocenters. The molecule has 3 heterocycles. The molecular weight excluding hydrogens is 254 g/mol. The van der Waals surface area contributed by atoms with Crippen LogP contribution in [0.25, 0.3) is 0 Å². The highest BCUT2D eigenvalue weighted by Crippen LogP contribution is 2.42. The number of amides is 2. The molecular formula is C15H19N3O2. The molecule has 1 aromatic rings. The number of carbonyl (C=O) groups is 2. The van der Waals surface area contributed by atoms with Gasteiger partial charge in [-0.05, 0) is 50.4 Å². The topological polar surface area (TPSA) is 71.1 Å². The predicted molar refractivity (Wildman–Crippen MR) is 73.9 cm³/mol. The quantitative estimate of drug-likeness (QED) is 0.780. The molecule has 2 aliphatic heterocycles. The van der Waals surface area contributed by atoms with Crippen molar-refractivity contribution in [2.24, 2.45) is 5.92 Å². The monoisotopic (exact) mass is 273 g/mol. The highest BCUT2D eigenvalue weighted by Gasteiger charge is 2.50. The minimum atomic E-state index is -0.642. The molecule has 2 saturated heterocycles. The number of nitrogens with zero attached hydrogens (tertiary/aromatic N) is 1. The van der Waals surface area contributed by atoms with E-state index in [9.17, 15) is 9.59 Å². The van der Waals surface area contributed by atoms with Crippen LogP contribution in [0.3, 0.4) is 0 Å². The second-order valence-corrected chi connectivity index (χ2v) is 5.59. The van der Waals surface area contributed by atoms with Gasteiger partial charge in [-0.25, -0.2) is 0 Å². The molecule has 2 aliphatic rings. The van der Waals surface area contributed by atoms with Crippen molar-refractivity contribution in [2.75, 3.05) is 13.1 Å². The summed E-state index contributed by atoms with van der Waals surface area (Å²) in [6.45, 7) is 1.83. The maximum absolute atomic E-state index is 12.6. The fraction of sp³-hybridized carbons (Fsp3) is 0.533. The Bertz CT molecular complexity index is 511. The van der Waals surface area contributed by atoms with E-state index >= 15 is 0 Å². The molecule has 5 nitrogen and oxygen atoms in total. The minimum absolute atomic E-state index is 0.167. The molecule has 106 valence electrons. The van der Waals surface area contributed by atoms with E-state index in [0.29, 0.717) is 12.8 Å². The molecule has 3 rings (SSSR count). The van der Waals surface area contributed by atoms with E-state index in [1.165, 1.54) is 0 Å². The Kier molecular flexibility index (Phi) is 3.53. The first-order chi connectivity index (χ1) is 9.73. The summed E-state index contributed by atoms with van der Waals surface area (Å²) in [5.41, 5.74) is 0.161. The lowest BCUT2D eigenvalue weighted by Gasteiger charge is -2.43. The number of aromatic nitrogens is 1. The van der Waals surface area contributed by atoms with Crippen LogP contribution in [0.2, 0.25) is 0 Å². The molecule has 2 amide bonds. The van der Waals surface area contributed by atoms with Crippen LogP contribution in [0.5, 0.6) is 0 Å². The van der Waals surface area contributed by atoms with Crippen molar-refractivity contribution in [2.45, 2.75) is 31.1 Å². The number of imide groups is 1. The van der Waals surface area contributed by atoms with Gasteiger partial charge >= 0.3 is 0 Å². The van der Waals surface area contributed by atoms with Gasteiger partial charge in [0.15, 0.2) is 0 Å². The summed E-state index contributed by atoms with van der Waals surface area (Å²) in [5.74, 6) is -0.0957. The van der Waals surface area contributed by atoms with Gasteiger partial charge in [-0.15, -0.1) is 0 Å². The van der Waals surface area contributed by atoms with E-state index in [1.807, 2.05) is 18.2 Å². The molecule has 0 aromatic carbocycles. The van der Waals surface area contributed by atoms with Gasteiger partial charge in [-0.1, -0.05) is 6.07 Å². The Labute approximate surface area is 118 Å². The summed E-state index contributed by atoms with van der Waals surface area (Å²) in [5, 5.41) is 5.85. The van der Waals surface area contributed by atoms with E-state index < -0.39 is 5.41 Å². The Hall–Kier alpha value is -1.75. The summed E-state index contributed by atoms with van der Waals surface area (Å²) in [6, 6.07) is 5.68. The Morgan fingerprint density at radius 2 is 2.00 bits per heavy atom. The maximum Gasteiger partial charge on any atom is 0.239 e. The summed E-state index contributed by atoms with van der Waals surface area (Å²) in [4.78, 5) is 28.6. The van der Waals surface area contributed by atoms with E-state index in [2.05, 4.69) is 15.6 Å². The Balaban J connectivity index is 2.02. The van der Waals surface area contributed by atoms with Crippen LogP contribution in [-0.2, 0) is 15.0 Å². The third kappa shape index (κ3) is 2.12. The zero-order valence-corrected chi connectivity index (χ0v) is 11.4. The van der Waals surface area contributed by atoms with Gasteiger partial charge in [0, 0.05) is 12.6 Å². The van der Waals surface area contributed by atoms with E-state index in [1.54, 1.807) is 6.20 Å². The SMILES string of the molecule is O=C1CCC(c2ccccn2)(C2CCNCC2)C(=O)N1. The van der Waals surface area contributed by atoms with Crippen LogP contribution in [0, 0.1) is 5.92 Å². The van der Waals surface area contributed by atoms with Crippen LogP contribution >= 0.6 is 0 Å². The summed E-state index contributed by atoms with van der Waals surface area (Å²) in [7, 11) is 0. The lowest BCUT2D eigenvalue weighted by atomic mass is 9.64. The number of pyridine rings is 1. The zero-order chi connectivity index (χ0) is 14.0. The van der Waals surface area contributed by atoms with Gasteiger partial charge in [0.2, 0.25) is 11.8 Å². The van der Waals surface area contributed by atoms with Crippen LogP contribution in [0.15, 0.2) is 24.4 Å². The predicted octanol–water partition coefficient (Wildman–Crippen LogP) is 0.756. The molecule has 1 unspecified atom stereocenters. The highest BCUT2D eigenvalue weighted by molar-refractivity contribution is 6.03. The first-order valence-corrected chi connectivity index (χ1v) is 7.20. The fourth-order valence-electron chi connectivity index (χ4n) is 3.51. The van der Waals surface area contributed by atoms with Crippen molar-refractivity contribution >= 4 is 11.8 Å². The summed E-state index contributed by atoms with van der Waals surface area (Å²) < 4.78 is 0. The molecule has 2 N–H and O–H groups in total. The number of hydrogen-bond acceptors (Lipinski definition) is 4. The smallest absolute Gasteiger partial charge is 0.239 e. The van der Waals surface area contributed by atoms with Crippen molar-refractivity contribution in [1.82, 2.24) is 15.6 Å². The molecule has 0 saturated carbocycles. The highest BCUT2D eigenvalue weighted by atomic mass is 16.2. The average molecular weight is 273 g/mol. The number of piperidine rings is 2. The second-order valence-electron chi connectivity index (χ2n) is 5.59. The van der Waals surface area contributed by atoms with Crippen molar-refractivity contribution in [3.05, 3.63) is 30.1 Å². The number of carbonyl (C=O) groups excluding carboxylic acids is 2. The number of nitrogens with one attached hydrogen (secondary N) is 2. The Morgan fingerprint density at radius 1 is 1.20 bits per heavy atom. The normalized spacial score (nSPS) is 28.2. The van der Waals surface area contributed by atoms with E-state index in [4.69, 9.17) is 0 Å². The number of rotatable bonds is 2. The van der Waals surface area contributed by atoms with Crippen molar-refractivity contribution < 1.29 is 9.59 Å². The third-order valence-electron chi connectivity index (χ3n) is 4.56. The van der Waals surface area contributed by atoms with Crippen molar-refractivity contribution in [3.8, 4) is 0 Å². The third-order valence-corrected chi connectivity index (χ3v) is 4.56. The van der Waals surface area contributed by atoms with Crippen LogP contribution in [-0.4, -0.2) is 29.9 Å². The second kappa shape index (κ2) is 5.32. The molecule has 20 heavy (non-hydrogen) atoms. The van der Waals surface area contributed by atoms with Gasteiger partial charge in [0.1, 0.15) is 0 Å². The molecule has 5 heteroatoms. The largest absolute Gasteiger partial charge is 0.317 e. The van der Waals surface area contributed by atoms with Crippen molar-refractivity contribution in [3.63, 3.8) is 0 Å². The first-order valence-electron chi connectivity index (χ1n) is 7.20. The van der Waals surface area contributed by atoms with Gasteiger partial charge in [0.05, 0.1) is 11.1 Å². The lowest BCUT2D eigenvalue weighted by molar-refractivity contribution is -0.140. The van der Waals surface area contributed by atoms with Gasteiger partial charge < -0.3 is 5.32 Å². The van der Waals surface area contributed by atoms with Gasteiger partial charge in [-0.3, -0.25) is 19.9 Å². The zero-order valence-electron chi connectivity index (χ0n) is 11.4. The van der Waals surface area contributed by atoms with Crippen LogP contribution < -0.4 is 10.6 Å². The fourth-order valence-corrected chi connectivity index (χ4v) is 3.51. The van der Waals surface area contributed by atoms with E-state index in [-0.39, 0.29) is 17.7 Å². The standard InChI is InChI=1S/C15H19N3O2/c19-13-4-7-15(14(20)18-13,11-5-9-16-10-6-11)12-3-1-2-8-17-12/h1-3,8,11,16H,4-7,9-10H2,(H,18,19,20). The van der Waals surface area contributed by atoms with Crippen molar-refractivity contribution in [1.29, 1.82) is 0 Å². The molecule has 0 radical (unpaired) electrons. The Morgan fingerprint density at radius 3 is 2.65 bits per heavy atom. The molecule has 0 bridgehead atoms. The van der Waals surface area contributed by atoms with Crippen LogP contribution in [0.1, 0.15) is 31.4 Å². The van der Waals surface area contributed by atoms with Crippen LogP contribution in [0.4, 0.5) is 0 Å². The summed E-state index contributed by atoms with van der Waals surface area (Å²) in [6.07, 6.45) is 4.57. The molecule has 2 fully saturated rings. The molecule has 0 aliphatic carbocycles. The minimum Gasteiger partial charge on any atom is -0.317 e. The molecule has 1 aromatic heterocycles. The lowest BCUT2D eigenvalue weighted by Crippen LogP contribution is -2.57.